The van der Waals surface area contributed by atoms with Crippen molar-refractivity contribution in [3.8, 4) is 11.8 Å². The number of rotatable bonds is 6. The van der Waals surface area contributed by atoms with Gasteiger partial charge >= 0.3 is 5.97 Å². The van der Waals surface area contributed by atoms with Gasteiger partial charge in [-0.2, -0.15) is 9.94 Å². The maximum absolute atomic E-state index is 11.9. The second kappa shape index (κ2) is 7.84. The summed E-state index contributed by atoms with van der Waals surface area (Å²) in [7, 11) is 0. The molecule has 0 unspecified atom stereocenters. The van der Waals surface area contributed by atoms with Gasteiger partial charge in [0.1, 0.15) is 0 Å². The molecule has 0 radical (unpaired) electrons. The lowest BCUT2D eigenvalue weighted by Crippen LogP contribution is -2.10. The molecule has 0 bridgehead atoms. The first kappa shape index (κ1) is 16.3. The van der Waals surface area contributed by atoms with E-state index in [0.717, 1.165) is 11.3 Å². The minimum atomic E-state index is -0.327. The highest BCUT2D eigenvalue weighted by atomic mass is 16.5. The molecular weight excluding hydrogens is 318 g/mol. The van der Waals surface area contributed by atoms with E-state index in [2.05, 4.69) is 21.6 Å². The summed E-state index contributed by atoms with van der Waals surface area (Å²) in [6.07, 6.45) is 0.799. The molecule has 3 aromatic rings. The zero-order valence-electron chi connectivity index (χ0n) is 13.4. The molecule has 0 atom stereocenters. The highest BCUT2D eigenvalue weighted by Gasteiger charge is 2.11. The smallest absolute Gasteiger partial charge is 0.306 e. The fraction of sp³-hybridized carbons (Fsp3) is 0.167. The summed E-state index contributed by atoms with van der Waals surface area (Å²) in [5.41, 5.74) is 2.38. The monoisotopic (exact) mass is 333 g/mol. The molecule has 0 amide bonds. The average Bonchev–Trinajstić information content (AvgIpc) is 3.14. The molecule has 0 N–H and O–H groups in total. The van der Waals surface area contributed by atoms with Crippen LogP contribution in [0.1, 0.15) is 23.4 Å². The van der Waals surface area contributed by atoms with Crippen LogP contribution in [-0.2, 0) is 22.6 Å². The Morgan fingerprint density at radius 1 is 1.12 bits per heavy atom. The van der Waals surface area contributed by atoms with Gasteiger partial charge in [-0.15, -0.1) is 5.10 Å². The van der Waals surface area contributed by atoms with Crippen LogP contribution in [0, 0.1) is 11.3 Å². The van der Waals surface area contributed by atoms with Gasteiger partial charge in [0.2, 0.25) is 0 Å². The maximum atomic E-state index is 11.9. The zero-order valence-corrected chi connectivity index (χ0v) is 13.4. The van der Waals surface area contributed by atoms with E-state index in [1.54, 1.807) is 12.1 Å². The summed E-state index contributed by atoms with van der Waals surface area (Å²) in [5.74, 6) is 0.130. The molecular formula is C18H15N5O2. The first-order chi connectivity index (χ1) is 12.3. The number of nitriles is 1. The molecule has 0 saturated carbocycles. The van der Waals surface area contributed by atoms with Gasteiger partial charge in [-0.05, 0) is 46.7 Å². The second-order valence-corrected chi connectivity index (χ2v) is 5.31. The van der Waals surface area contributed by atoms with Crippen LogP contribution in [-0.4, -0.2) is 26.2 Å². The van der Waals surface area contributed by atoms with E-state index >= 15 is 0 Å². The Balaban J connectivity index is 1.53. The molecule has 124 valence electrons. The molecule has 3 rings (SSSR count). The summed E-state index contributed by atoms with van der Waals surface area (Å²) in [6.45, 7) is 0.00803. The van der Waals surface area contributed by atoms with Crippen LogP contribution < -0.4 is 0 Å². The number of hydrogen-bond donors (Lipinski definition) is 0. The molecule has 2 aromatic carbocycles. The summed E-state index contributed by atoms with van der Waals surface area (Å²) in [4.78, 5) is 11.9. The standard InChI is InChI=1S/C18H15N5O2/c19-12-15-8-6-14(7-9-15)10-11-18(24)25-13-17-20-21-22-23(17)16-4-2-1-3-5-16/h1-9H,10-11,13H2. The van der Waals surface area contributed by atoms with Crippen molar-refractivity contribution in [3.63, 3.8) is 0 Å². The number of benzene rings is 2. The second-order valence-electron chi connectivity index (χ2n) is 5.31. The maximum Gasteiger partial charge on any atom is 0.306 e. The third-order valence-electron chi connectivity index (χ3n) is 3.60. The molecule has 7 heteroatoms. The summed E-state index contributed by atoms with van der Waals surface area (Å²) >= 11 is 0. The first-order valence-corrected chi connectivity index (χ1v) is 7.73. The number of hydrogen-bond acceptors (Lipinski definition) is 6. The van der Waals surface area contributed by atoms with Gasteiger partial charge in [0.15, 0.2) is 12.4 Å². The van der Waals surface area contributed by atoms with Crippen LogP contribution in [0.15, 0.2) is 54.6 Å². The van der Waals surface area contributed by atoms with Gasteiger partial charge in [0.05, 0.1) is 17.3 Å². The van der Waals surface area contributed by atoms with Gasteiger partial charge in [-0.1, -0.05) is 30.3 Å². The molecule has 0 fully saturated rings. The van der Waals surface area contributed by atoms with Crippen LogP contribution >= 0.6 is 0 Å². The molecule has 0 aliphatic carbocycles. The first-order valence-electron chi connectivity index (χ1n) is 7.73. The SMILES string of the molecule is N#Cc1ccc(CCC(=O)OCc2nnnn2-c2ccccc2)cc1. The number of carbonyl (C=O) groups excluding carboxylic acids is 1. The molecule has 1 aromatic heterocycles. The summed E-state index contributed by atoms with van der Waals surface area (Å²) in [6, 6.07) is 18.6. The molecule has 25 heavy (non-hydrogen) atoms. The Kier molecular flexibility index (Phi) is 5.12. The largest absolute Gasteiger partial charge is 0.457 e. The quantitative estimate of drug-likeness (QED) is 0.642. The van der Waals surface area contributed by atoms with Crippen molar-refractivity contribution in [2.24, 2.45) is 0 Å². The molecule has 0 saturated heterocycles. The molecule has 1 heterocycles. The third kappa shape index (κ3) is 4.26. The number of esters is 1. The zero-order chi connectivity index (χ0) is 17.5. The van der Waals surface area contributed by atoms with Crippen molar-refractivity contribution < 1.29 is 9.53 Å². The van der Waals surface area contributed by atoms with E-state index in [-0.39, 0.29) is 19.0 Å². The van der Waals surface area contributed by atoms with Gasteiger partial charge < -0.3 is 4.74 Å². The van der Waals surface area contributed by atoms with E-state index in [1.807, 2.05) is 42.5 Å². The topological polar surface area (TPSA) is 93.7 Å². The highest BCUT2D eigenvalue weighted by molar-refractivity contribution is 5.69. The van der Waals surface area contributed by atoms with Crippen LogP contribution in [0.5, 0.6) is 0 Å². The third-order valence-corrected chi connectivity index (χ3v) is 3.60. The Morgan fingerprint density at radius 3 is 2.60 bits per heavy atom. The predicted molar refractivity (Wildman–Crippen MR) is 88.4 cm³/mol. The molecule has 0 aliphatic rings. The number of aromatic nitrogens is 4. The van der Waals surface area contributed by atoms with E-state index in [0.29, 0.717) is 17.8 Å². The van der Waals surface area contributed by atoms with Gasteiger partial charge in [0.25, 0.3) is 0 Å². The molecule has 7 nitrogen and oxygen atoms in total. The van der Waals surface area contributed by atoms with Crippen molar-refractivity contribution in [3.05, 3.63) is 71.5 Å². The van der Waals surface area contributed by atoms with Crippen LogP contribution in [0.3, 0.4) is 0 Å². The van der Waals surface area contributed by atoms with E-state index < -0.39 is 0 Å². The van der Waals surface area contributed by atoms with Crippen molar-refractivity contribution in [2.45, 2.75) is 19.4 Å². The van der Waals surface area contributed by atoms with E-state index in [4.69, 9.17) is 10.00 Å². The van der Waals surface area contributed by atoms with Crippen molar-refractivity contribution in [1.82, 2.24) is 20.2 Å². The van der Waals surface area contributed by atoms with Gasteiger partial charge in [-0.25, -0.2) is 0 Å². The van der Waals surface area contributed by atoms with Crippen molar-refractivity contribution in [2.75, 3.05) is 0 Å². The lowest BCUT2D eigenvalue weighted by molar-refractivity contribution is -0.145. The number of para-hydroxylation sites is 1. The normalized spacial score (nSPS) is 10.2. The lowest BCUT2D eigenvalue weighted by Gasteiger charge is -2.06. The fourth-order valence-electron chi connectivity index (χ4n) is 2.28. The molecule has 0 aliphatic heterocycles. The number of aryl methyl sites for hydroxylation is 1. The Labute approximate surface area is 144 Å². The van der Waals surface area contributed by atoms with Crippen LogP contribution in [0.25, 0.3) is 5.69 Å². The fourth-order valence-corrected chi connectivity index (χ4v) is 2.28. The average molecular weight is 333 g/mol. The summed E-state index contributed by atoms with van der Waals surface area (Å²) in [5, 5.41) is 20.2. The number of ether oxygens (including phenoxy) is 1. The van der Waals surface area contributed by atoms with Crippen molar-refractivity contribution in [1.29, 1.82) is 5.26 Å². The van der Waals surface area contributed by atoms with Gasteiger partial charge in [0, 0.05) is 6.42 Å². The Morgan fingerprint density at radius 2 is 1.88 bits per heavy atom. The Hall–Kier alpha value is -3.53. The van der Waals surface area contributed by atoms with Crippen LogP contribution in [0.2, 0.25) is 0 Å². The minimum Gasteiger partial charge on any atom is -0.457 e. The number of tetrazole rings is 1. The van der Waals surface area contributed by atoms with E-state index in [9.17, 15) is 4.79 Å². The number of carbonyl (C=O) groups is 1. The highest BCUT2D eigenvalue weighted by Crippen LogP contribution is 2.09. The minimum absolute atomic E-state index is 0.00803. The predicted octanol–water partition coefficient (Wildman–Crippen LogP) is 2.21. The molecule has 0 spiro atoms. The van der Waals surface area contributed by atoms with Gasteiger partial charge in [-0.3, -0.25) is 4.79 Å². The lowest BCUT2D eigenvalue weighted by atomic mass is 10.1. The Bertz CT molecular complexity index is 882. The number of nitrogens with zero attached hydrogens (tertiary/aromatic N) is 5. The van der Waals surface area contributed by atoms with Crippen LogP contribution in [0.4, 0.5) is 0 Å². The van der Waals surface area contributed by atoms with E-state index in [1.165, 1.54) is 4.68 Å². The summed E-state index contributed by atoms with van der Waals surface area (Å²) < 4.78 is 6.80. The van der Waals surface area contributed by atoms with Crippen molar-refractivity contribution >= 4 is 5.97 Å².